The van der Waals surface area contributed by atoms with Crippen LogP contribution in [0.15, 0.2) is 16.6 Å². The summed E-state index contributed by atoms with van der Waals surface area (Å²) in [5.41, 5.74) is 1.24. The molecule has 1 aromatic rings. The Labute approximate surface area is 119 Å². The number of halogens is 1. The standard InChI is InChI=1S/C13H14BrNO4/c1-7-2-9(14)4-10(13(18)19)12(7)15-5-8(6-16)3-11(15)17/h2,4,8,16H,3,5-6H2,1H3,(H,18,19). The lowest BCUT2D eigenvalue weighted by atomic mass is 10.1. The van der Waals surface area contributed by atoms with Gasteiger partial charge in [-0.15, -0.1) is 0 Å². The number of hydrogen-bond donors (Lipinski definition) is 2. The minimum Gasteiger partial charge on any atom is -0.478 e. The summed E-state index contributed by atoms with van der Waals surface area (Å²) in [6.45, 7) is 2.06. The monoisotopic (exact) mass is 327 g/mol. The van der Waals surface area contributed by atoms with Gasteiger partial charge in [0.05, 0.1) is 11.3 Å². The number of aliphatic hydroxyl groups is 1. The van der Waals surface area contributed by atoms with E-state index in [-0.39, 0.29) is 30.4 Å². The van der Waals surface area contributed by atoms with Gasteiger partial charge in [-0.2, -0.15) is 0 Å². The van der Waals surface area contributed by atoms with Crippen molar-refractivity contribution in [3.8, 4) is 0 Å². The van der Waals surface area contributed by atoms with E-state index in [0.717, 1.165) is 5.56 Å². The van der Waals surface area contributed by atoms with Gasteiger partial charge in [0, 0.05) is 30.0 Å². The van der Waals surface area contributed by atoms with Gasteiger partial charge in [0.2, 0.25) is 5.91 Å². The zero-order valence-electron chi connectivity index (χ0n) is 10.4. The van der Waals surface area contributed by atoms with Gasteiger partial charge in [-0.3, -0.25) is 4.79 Å². The molecule has 5 nitrogen and oxygen atoms in total. The van der Waals surface area contributed by atoms with E-state index in [1.54, 1.807) is 13.0 Å². The van der Waals surface area contributed by atoms with Gasteiger partial charge < -0.3 is 15.1 Å². The molecule has 1 amide bonds. The van der Waals surface area contributed by atoms with Crippen LogP contribution < -0.4 is 4.90 Å². The summed E-state index contributed by atoms with van der Waals surface area (Å²) < 4.78 is 0.663. The number of carboxylic acid groups (broad SMARTS) is 1. The van der Waals surface area contributed by atoms with E-state index in [4.69, 9.17) is 5.11 Å². The van der Waals surface area contributed by atoms with Crippen molar-refractivity contribution in [3.05, 3.63) is 27.7 Å². The van der Waals surface area contributed by atoms with E-state index < -0.39 is 5.97 Å². The second-order valence-corrected chi connectivity index (χ2v) is 5.60. The van der Waals surface area contributed by atoms with Crippen molar-refractivity contribution < 1.29 is 19.8 Å². The Morgan fingerprint density at radius 1 is 1.53 bits per heavy atom. The van der Waals surface area contributed by atoms with Gasteiger partial charge in [-0.05, 0) is 24.6 Å². The molecule has 1 unspecified atom stereocenters. The minimum atomic E-state index is -1.07. The number of anilines is 1. The topological polar surface area (TPSA) is 77.8 Å². The zero-order valence-corrected chi connectivity index (χ0v) is 12.0. The van der Waals surface area contributed by atoms with Crippen LogP contribution in [0.3, 0.4) is 0 Å². The molecule has 0 aromatic heterocycles. The van der Waals surface area contributed by atoms with Crippen molar-refractivity contribution >= 4 is 33.5 Å². The zero-order chi connectivity index (χ0) is 14.2. The van der Waals surface area contributed by atoms with E-state index in [1.807, 2.05) is 0 Å². The number of carboxylic acids is 1. The first-order chi connectivity index (χ1) is 8.93. The van der Waals surface area contributed by atoms with E-state index in [2.05, 4.69) is 15.9 Å². The highest BCUT2D eigenvalue weighted by Crippen LogP contribution is 2.33. The number of rotatable bonds is 3. The van der Waals surface area contributed by atoms with Crippen LogP contribution in [0.25, 0.3) is 0 Å². The van der Waals surface area contributed by atoms with Crippen LogP contribution >= 0.6 is 15.9 Å². The molecule has 0 saturated carbocycles. The highest BCUT2D eigenvalue weighted by molar-refractivity contribution is 9.10. The van der Waals surface area contributed by atoms with E-state index in [1.165, 1.54) is 11.0 Å². The van der Waals surface area contributed by atoms with E-state index in [0.29, 0.717) is 16.7 Å². The van der Waals surface area contributed by atoms with Crippen LogP contribution in [0.1, 0.15) is 22.3 Å². The molecule has 0 bridgehead atoms. The normalized spacial score (nSPS) is 19.0. The Kier molecular flexibility index (Phi) is 3.91. The first-order valence-corrected chi connectivity index (χ1v) is 6.68. The molecule has 2 N–H and O–H groups in total. The lowest BCUT2D eigenvalue weighted by Crippen LogP contribution is -2.27. The molecule has 1 aliphatic rings. The molecular weight excluding hydrogens is 314 g/mol. The number of amides is 1. The maximum Gasteiger partial charge on any atom is 0.337 e. The van der Waals surface area contributed by atoms with Crippen LogP contribution in [0.4, 0.5) is 5.69 Å². The van der Waals surface area contributed by atoms with Gasteiger partial charge in [0.1, 0.15) is 0 Å². The fourth-order valence-corrected chi connectivity index (χ4v) is 2.95. The average molecular weight is 328 g/mol. The molecule has 1 saturated heterocycles. The third-order valence-corrected chi connectivity index (χ3v) is 3.69. The number of aryl methyl sites for hydroxylation is 1. The molecule has 0 aliphatic carbocycles. The van der Waals surface area contributed by atoms with Crippen LogP contribution in [-0.2, 0) is 4.79 Å². The molecule has 1 fully saturated rings. The van der Waals surface area contributed by atoms with Crippen molar-refractivity contribution in [2.75, 3.05) is 18.1 Å². The molecule has 1 atom stereocenters. The van der Waals surface area contributed by atoms with E-state index in [9.17, 15) is 14.7 Å². The van der Waals surface area contributed by atoms with Gasteiger partial charge in [-0.25, -0.2) is 4.79 Å². The number of benzene rings is 1. The number of aliphatic hydroxyl groups excluding tert-OH is 1. The van der Waals surface area contributed by atoms with Crippen LogP contribution in [0.5, 0.6) is 0 Å². The third kappa shape index (κ3) is 2.64. The van der Waals surface area contributed by atoms with Gasteiger partial charge in [0.15, 0.2) is 0 Å². The van der Waals surface area contributed by atoms with Crippen molar-refractivity contribution in [2.45, 2.75) is 13.3 Å². The van der Waals surface area contributed by atoms with Crippen molar-refractivity contribution in [3.63, 3.8) is 0 Å². The summed E-state index contributed by atoms with van der Waals surface area (Å²) >= 11 is 3.26. The number of aromatic carboxylic acids is 1. The minimum absolute atomic E-state index is 0.0692. The van der Waals surface area contributed by atoms with Gasteiger partial charge >= 0.3 is 5.97 Å². The molecule has 1 aromatic carbocycles. The Balaban J connectivity index is 2.50. The third-order valence-electron chi connectivity index (χ3n) is 3.23. The molecule has 1 heterocycles. The number of carbonyl (C=O) groups is 2. The van der Waals surface area contributed by atoms with Crippen LogP contribution in [0.2, 0.25) is 0 Å². The second kappa shape index (κ2) is 5.30. The second-order valence-electron chi connectivity index (χ2n) is 4.68. The summed E-state index contributed by atoms with van der Waals surface area (Å²) in [5.74, 6) is -1.34. The van der Waals surface area contributed by atoms with Gasteiger partial charge in [0.25, 0.3) is 0 Å². The Bertz CT molecular complexity index is 544. The Morgan fingerprint density at radius 2 is 2.21 bits per heavy atom. The van der Waals surface area contributed by atoms with Crippen molar-refractivity contribution in [1.29, 1.82) is 0 Å². The lowest BCUT2D eigenvalue weighted by molar-refractivity contribution is -0.117. The van der Waals surface area contributed by atoms with E-state index >= 15 is 0 Å². The molecule has 0 spiro atoms. The number of hydrogen-bond acceptors (Lipinski definition) is 3. The SMILES string of the molecule is Cc1cc(Br)cc(C(=O)O)c1N1CC(CO)CC1=O. The Morgan fingerprint density at radius 3 is 2.74 bits per heavy atom. The summed E-state index contributed by atoms with van der Waals surface area (Å²) in [7, 11) is 0. The fraction of sp³-hybridized carbons (Fsp3) is 0.385. The highest BCUT2D eigenvalue weighted by Gasteiger charge is 2.33. The molecule has 2 rings (SSSR count). The lowest BCUT2D eigenvalue weighted by Gasteiger charge is -2.21. The van der Waals surface area contributed by atoms with Gasteiger partial charge in [-0.1, -0.05) is 15.9 Å². The summed E-state index contributed by atoms with van der Waals surface area (Å²) in [5, 5.41) is 18.4. The maximum absolute atomic E-state index is 12.0. The number of carbonyl (C=O) groups excluding carboxylic acids is 1. The van der Waals surface area contributed by atoms with Crippen molar-refractivity contribution in [1.82, 2.24) is 0 Å². The van der Waals surface area contributed by atoms with Crippen LogP contribution in [-0.4, -0.2) is 35.2 Å². The fourth-order valence-electron chi connectivity index (χ4n) is 2.38. The molecule has 6 heteroatoms. The molecule has 1 aliphatic heterocycles. The predicted molar refractivity (Wildman–Crippen MR) is 73.4 cm³/mol. The summed E-state index contributed by atoms with van der Waals surface area (Å²) in [6.07, 6.45) is 0.255. The number of nitrogens with zero attached hydrogens (tertiary/aromatic N) is 1. The summed E-state index contributed by atoms with van der Waals surface area (Å²) in [4.78, 5) is 24.8. The largest absolute Gasteiger partial charge is 0.478 e. The first kappa shape index (κ1) is 14.0. The van der Waals surface area contributed by atoms with Crippen LogP contribution in [0, 0.1) is 12.8 Å². The average Bonchev–Trinajstić information content (AvgIpc) is 2.69. The molecule has 102 valence electrons. The molecule has 19 heavy (non-hydrogen) atoms. The predicted octanol–water partition coefficient (Wildman–Crippen LogP) is 1.80. The smallest absolute Gasteiger partial charge is 0.337 e. The quantitative estimate of drug-likeness (QED) is 0.887. The molecular formula is C13H14BrNO4. The highest BCUT2D eigenvalue weighted by atomic mass is 79.9. The van der Waals surface area contributed by atoms with Crippen molar-refractivity contribution in [2.24, 2.45) is 5.92 Å². The molecule has 0 radical (unpaired) electrons. The first-order valence-electron chi connectivity index (χ1n) is 5.88. The maximum atomic E-state index is 12.0. The summed E-state index contributed by atoms with van der Waals surface area (Å²) in [6, 6.07) is 3.27. The Hall–Kier alpha value is -1.40.